The van der Waals surface area contributed by atoms with Crippen molar-refractivity contribution < 1.29 is 23.0 Å². The number of carbonyl (C=O) groups excluding carboxylic acids is 1. The zero-order valence-corrected chi connectivity index (χ0v) is 18.2. The first kappa shape index (κ1) is 22.8. The number of carbonyl (C=O) groups is 1. The molecule has 0 aliphatic rings. The molecular weight excluding hydrogens is 418 g/mol. The second kappa shape index (κ2) is 10.4. The Morgan fingerprint density at radius 3 is 2.26 bits per heavy atom. The van der Waals surface area contributed by atoms with E-state index in [9.17, 15) is 13.6 Å². The summed E-state index contributed by atoms with van der Waals surface area (Å²) in [5, 5.41) is -2.83. The lowest BCUT2D eigenvalue weighted by atomic mass is 10.1. The van der Waals surface area contributed by atoms with Crippen molar-refractivity contribution in [3.63, 3.8) is 0 Å². The van der Waals surface area contributed by atoms with Gasteiger partial charge in [-0.05, 0) is 47.5 Å². The van der Waals surface area contributed by atoms with E-state index in [0.29, 0.717) is 28.0 Å². The zero-order chi connectivity index (χ0) is 22.3. The Morgan fingerprint density at radius 1 is 0.903 bits per heavy atom. The summed E-state index contributed by atoms with van der Waals surface area (Å²) in [5.41, 5.74) is 1.52. The summed E-state index contributed by atoms with van der Waals surface area (Å²) >= 11 is 0.530. The predicted molar refractivity (Wildman–Crippen MR) is 119 cm³/mol. The van der Waals surface area contributed by atoms with Gasteiger partial charge < -0.3 is 9.47 Å². The first-order valence-corrected chi connectivity index (χ1v) is 10.8. The molecule has 0 aromatic heterocycles. The van der Waals surface area contributed by atoms with Crippen molar-refractivity contribution in [2.45, 2.75) is 37.0 Å². The maximum Gasteiger partial charge on any atom is 0.310 e. The Kier molecular flexibility index (Phi) is 7.69. The lowest BCUT2D eigenvalue weighted by Crippen LogP contribution is -2.18. The molecule has 0 radical (unpaired) electrons. The van der Waals surface area contributed by atoms with Crippen LogP contribution in [0, 0.1) is 5.92 Å². The van der Waals surface area contributed by atoms with Gasteiger partial charge in [0.2, 0.25) is 0 Å². The third-order valence-corrected chi connectivity index (χ3v) is 5.73. The maximum atomic E-state index is 13.8. The number of alkyl halides is 2. The Bertz CT molecular complexity index is 989. The van der Waals surface area contributed by atoms with Crippen LogP contribution in [0.25, 0.3) is 0 Å². The first-order chi connectivity index (χ1) is 14.8. The molecule has 31 heavy (non-hydrogen) atoms. The molecular formula is C25H24F2O3S. The minimum absolute atomic E-state index is 0.0751. The molecule has 3 nitrogen and oxygen atoms in total. The van der Waals surface area contributed by atoms with Crippen LogP contribution in [0.1, 0.15) is 25.0 Å². The summed E-state index contributed by atoms with van der Waals surface area (Å²) in [7, 11) is 0. The number of thioether (sulfide) groups is 1. The smallest absolute Gasteiger partial charge is 0.310 e. The van der Waals surface area contributed by atoms with Crippen molar-refractivity contribution in [1.82, 2.24) is 0 Å². The minimum Gasteiger partial charge on any atom is -0.461 e. The second-order valence-electron chi connectivity index (χ2n) is 7.36. The molecule has 0 aliphatic carbocycles. The molecule has 162 valence electrons. The molecule has 3 aromatic rings. The summed E-state index contributed by atoms with van der Waals surface area (Å²) in [6.45, 7) is 3.10. The third-order valence-electron chi connectivity index (χ3n) is 4.48. The normalized spacial score (nSPS) is 11.4. The summed E-state index contributed by atoms with van der Waals surface area (Å²) in [6.07, 6.45) is 0.0751. The topological polar surface area (TPSA) is 35.5 Å². The number of esters is 1. The summed E-state index contributed by atoms with van der Waals surface area (Å²) < 4.78 is 38.8. The maximum absolute atomic E-state index is 13.8. The fourth-order valence-electron chi connectivity index (χ4n) is 2.66. The van der Waals surface area contributed by atoms with Gasteiger partial charge in [0.15, 0.2) is 0 Å². The monoisotopic (exact) mass is 442 g/mol. The van der Waals surface area contributed by atoms with Crippen LogP contribution in [0.4, 0.5) is 8.78 Å². The average molecular weight is 443 g/mol. The largest absolute Gasteiger partial charge is 0.461 e. The number of ether oxygens (including phenoxy) is 2. The number of rotatable bonds is 9. The molecule has 0 heterocycles. The van der Waals surface area contributed by atoms with Crippen molar-refractivity contribution in [2.24, 2.45) is 5.92 Å². The fourth-order valence-corrected chi connectivity index (χ4v) is 3.48. The van der Waals surface area contributed by atoms with E-state index >= 15 is 0 Å². The molecule has 0 saturated carbocycles. The van der Waals surface area contributed by atoms with E-state index in [1.165, 1.54) is 13.8 Å². The molecule has 0 atom stereocenters. The molecule has 0 unspecified atom stereocenters. The van der Waals surface area contributed by atoms with E-state index in [0.717, 1.165) is 11.3 Å². The summed E-state index contributed by atoms with van der Waals surface area (Å²) in [4.78, 5) is 12.7. The van der Waals surface area contributed by atoms with Gasteiger partial charge in [0.25, 0.3) is 5.25 Å². The molecule has 0 fully saturated rings. The van der Waals surface area contributed by atoms with Crippen molar-refractivity contribution in [1.29, 1.82) is 0 Å². The molecule has 0 spiro atoms. The Balaban J connectivity index is 1.51. The SMILES string of the molecule is CC(C)C(F)(F)Sc1ccc(CC(=O)OCc2cccc(Oc3ccccc3)c2)cc1. The van der Waals surface area contributed by atoms with E-state index in [1.54, 1.807) is 24.3 Å². The third kappa shape index (κ3) is 7.10. The average Bonchev–Trinajstić information content (AvgIpc) is 2.74. The van der Waals surface area contributed by atoms with Gasteiger partial charge in [0.05, 0.1) is 6.42 Å². The molecule has 0 bridgehead atoms. The van der Waals surface area contributed by atoms with E-state index in [4.69, 9.17) is 9.47 Å². The molecule has 0 N–H and O–H groups in total. The van der Waals surface area contributed by atoms with E-state index in [1.807, 2.05) is 54.6 Å². The van der Waals surface area contributed by atoms with Gasteiger partial charge in [-0.3, -0.25) is 4.79 Å². The van der Waals surface area contributed by atoms with Gasteiger partial charge in [0, 0.05) is 10.8 Å². The molecule has 3 rings (SSSR count). The highest BCUT2D eigenvalue weighted by Crippen LogP contribution is 2.41. The first-order valence-electron chi connectivity index (χ1n) is 9.95. The van der Waals surface area contributed by atoms with Crippen LogP contribution < -0.4 is 4.74 Å². The Hall–Kier alpha value is -2.86. The van der Waals surface area contributed by atoms with Crippen molar-refractivity contribution in [3.05, 3.63) is 90.0 Å². The molecule has 0 amide bonds. The standard InChI is InChI=1S/C25H24F2O3S/c1-18(2)25(26,27)31-23-13-11-19(12-14-23)16-24(28)29-17-20-7-6-10-22(15-20)30-21-8-4-3-5-9-21/h3-15,18H,16-17H2,1-2H3. The van der Waals surface area contributed by atoms with Gasteiger partial charge in [-0.25, -0.2) is 0 Å². The lowest BCUT2D eigenvalue weighted by molar-refractivity contribution is -0.144. The predicted octanol–water partition coefficient (Wildman–Crippen LogP) is 7.11. The highest BCUT2D eigenvalue weighted by Gasteiger charge is 2.34. The quantitative estimate of drug-likeness (QED) is 0.261. The van der Waals surface area contributed by atoms with Crippen molar-refractivity contribution in [2.75, 3.05) is 0 Å². The van der Waals surface area contributed by atoms with Gasteiger partial charge in [-0.15, -0.1) is 0 Å². The summed E-state index contributed by atoms with van der Waals surface area (Å²) in [6, 6.07) is 23.3. The highest BCUT2D eigenvalue weighted by atomic mass is 32.2. The van der Waals surface area contributed by atoms with Crippen LogP contribution >= 0.6 is 11.8 Å². The Morgan fingerprint density at radius 2 is 1.58 bits per heavy atom. The van der Waals surface area contributed by atoms with Crippen LogP contribution in [0.3, 0.4) is 0 Å². The van der Waals surface area contributed by atoms with E-state index in [-0.39, 0.29) is 19.0 Å². The molecule has 3 aromatic carbocycles. The number of hydrogen-bond acceptors (Lipinski definition) is 4. The lowest BCUT2D eigenvalue weighted by Gasteiger charge is -2.19. The van der Waals surface area contributed by atoms with Gasteiger partial charge in [0.1, 0.15) is 18.1 Å². The van der Waals surface area contributed by atoms with Crippen LogP contribution in [0.15, 0.2) is 83.8 Å². The van der Waals surface area contributed by atoms with Crippen LogP contribution in [-0.2, 0) is 22.6 Å². The Labute approximate surface area is 185 Å². The number of hydrogen-bond donors (Lipinski definition) is 0. The molecule has 0 saturated heterocycles. The van der Waals surface area contributed by atoms with Crippen LogP contribution in [-0.4, -0.2) is 11.2 Å². The van der Waals surface area contributed by atoms with Crippen LogP contribution in [0.2, 0.25) is 0 Å². The molecule has 0 aliphatic heterocycles. The number of para-hydroxylation sites is 1. The minimum atomic E-state index is -2.83. The van der Waals surface area contributed by atoms with E-state index < -0.39 is 11.2 Å². The van der Waals surface area contributed by atoms with Crippen LogP contribution in [0.5, 0.6) is 11.5 Å². The van der Waals surface area contributed by atoms with Gasteiger partial charge in [-0.2, -0.15) is 8.78 Å². The summed E-state index contributed by atoms with van der Waals surface area (Å²) in [5.74, 6) is 0.237. The van der Waals surface area contributed by atoms with Gasteiger partial charge >= 0.3 is 5.97 Å². The van der Waals surface area contributed by atoms with E-state index in [2.05, 4.69) is 0 Å². The second-order valence-corrected chi connectivity index (χ2v) is 8.58. The zero-order valence-electron chi connectivity index (χ0n) is 17.4. The molecule has 6 heteroatoms. The highest BCUT2D eigenvalue weighted by molar-refractivity contribution is 8.00. The number of benzene rings is 3. The van der Waals surface area contributed by atoms with Gasteiger partial charge in [-0.1, -0.05) is 68.1 Å². The number of halogens is 2. The fraction of sp³-hybridized carbons (Fsp3) is 0.240. The van der Waals surface area contributed by atoms with Crippen molar-refractivity contribution >= 4 is 17.7 Å². The van der Waals surface area contributed by atoms with Crippen molar-refractivity contribution in [3.8, 4) is 11.5 Å².